The Hall–Kier alpha value is -10.1. The fourth-order valence-electron chi connectivity index (χ4n) is 10.7. The lowest BCUT2D eigenvalue weighted by molar-refractivity contribution is -0.149. The van der Waals surface area contributed by atoms with E-state index in [9.17, 15) is 43.5 Å². The van der Waals surface area contributed by atoms with Gasteiger partial charge < -0.3 is 50.4 Å². The Bertz CT molecular complexity index is 4170. The van der Waals surface area contributed by atoms with E-state index in [4.69, 9.17) is 34.6 Å². The van der Waals surface area contributed by atoms with E-state index in [2.05, 4.69) is 58.0 Å². The van der Waals surface area contributed by atoms with Crippen LogP contribution in [-0.2, 0) is 61.3 Å². The summed E-state index contributed by atoms with van der Waals surface area (Å²) in [5.74, 6) is -5.23. The lowest BCUT2D eigenvalue weighted by Gasteiger charge is -2.36. The predicted molar refractivity (Wildman–Crippen MR) is 335 cm³/mol. The molecule has 3 amide bonds. The highest BCUT2D eigenvalue weighted by atomic mass is 33.1. The molecule has 0 spiro atoms. The Labute approximate surface area is 516 Å². The van der Waals surface area contributed by atoms with E-state index in [1.165, 1.54) is 50.5 Å². The molecule has 10 N–H and O–H groups in total. The number of nitrogens with zero attached hydrogens (tertiary/aromatic N) is 5. The van der Waals surface area contributed by atoms with E-state index in [1.54, 1.807) is 30.4 Å². The van der Waals surface area contributed by atoms with Gasteiger partial charge in [-0.1, -0.05) is 46.4 Å². The zero-order valence-corrected chi connectivity index (χ0v) is 51.1. The zero-order chi connectivity index (χ0) is 63.8. The molecule has 9 rings (SSSR count). The molecule has 0 saturated carbocycles. The lowest BCUT2D eigenvalue weighted by atomic mass is 9.64. The molecule has 5 aromatic rings. The van der Waals surface area contributed by atoms with Gasteiger partial charge in [0.25, 0.3) is 11.5 Å². The Morgan fingerprint density at radius 1 is 0.831 bits per heavy atom. The van der Waals surface area contributed by atoms with Crippen molar-refractivity contribution in [1.82, 2.24) is 56.0 Å². The second-order valence-corrected chi connectivity index (χ2v) is 23.4. The number of fused-ring (bicyclic) bond motifs is 12. The summed E-state index contributed by atoms with van der Waals surface area (Å²) >= 11 is 0. The molecule has 0 fully saturated rings. The second kappa shape index (κ2) is 27.3. The van der Waals surface area contributed by atoms with Gasteiger partial charge in [-0.25, -0.2) is 39.7 Å². The van der Waals surface area contributed by atoms with Gasteiger partial charge in [0.2, 0.25) is 11.9 Å². The van der Waals surface area contributed by atoms with E-state index < -0.39 is 64.7 Å². The number of carbonyl (C=O) groups is 7. The average Bonchev–Trinajstić information content (AvgIpc) is 1.63. The number of carboxylic acid groups (broad SMARTS) is 1. The number of benzene rings is 1. The number of methoxy groups -OCH3 is 3. The molecule has 26 nitrogen and oxygen atoms in total. The number of ether oxygens (including phenoxy) is 4. The zero-order valence-electron chi connectivity index (χ0n) is 49.4. The summed E-state index contributed by atoms with van der Waals surface area (Å²) in [5, 5.41) is 15.5. The molecule has 7 heterocycles. The number of carbonyl (C=O) groups excluding carboxylic acids is 6. The van der Waals surface area contributed by atoms with Gasteiger partial charge in [0.05, 0.1) is 73.5 Å². The number of nitrogens with two attached hydrogens (primary N) is 1. The van der Waals surface area contributed by atoms with Crippen LogP contribution < -0.4 is 32.8 Å². The number of amides is 3. The van der Waals surface area contributed by atoms with E-state index in [1.807, 2.05) is 52.0 Å². The number of aryl methyl sites for hydroxylation is 2. The topological polar surface area (TPSA) is 380 Å². The Morgan fingerprint density at radius 2 is 1.58 bits per heavy atom. The number of aromatic amines is 3. The van der Waals surface area contributed by atoms with E-state index >= 15 is 0 Å². The molecular weight excluding hydrogens is 1190 g/mol. The third-order valence-corrected chi connectivity index (χ3v) is 17.8. The second-order valence-electron chi connectivity index (χ2n) is 20.8. The molecule has 4 aromatic heterocycles. The van der Waals surface area contributed by atoms with Crippen LogP contribution in [0.5, 0.6) is 0 Å². The molecule has 3 aliphatic heterocycles. The number of allylic oxidation sites excluding steroid dienone is 8. The molecule has 0 saturated heterocycles. The van der Waals surface area contributed by atoms with Gasteiger partial charge in [0.15, 0.2) is 11.2 Å². The molecule has 1 unspecified atom stereocenters. The van der Waals surface area contributed by atoms with E-state index in [0.29, 0.717) is 74.1 Å². The van der Waals surface area contributed by atoms with E-state index in [0.717, 1.165) is 38.6 Å². The van der Waals surface area contributed by atoms with Gasteiger partial charge >= 0.3 is 30.0 Å². The molecule has 1 aliphatic carbocycles. The number of hydrogen-bond acceptors (Lipinski definition) is 21. The number of H-pyrrole nitrogens is 3. The first-order valence-electron chi connectivity index (χ1n) is 27.7. The maximum Gasteiger partial charge on any atom is 0.426 e. The quantitative estimate of drug-likeness (QED) is 0.0120. The van der Waals surface area contributed by atoms with Gasteiger partial charge in [-0.15, -0.1) is 0 Å². The van der Waals surface area contributed by atoms with Crippen molar-refractivity contribution >= 4 is 125 Å². The number of esters is 3. The van der Waals surface area contributed by atoms with Crippen molar-refractivity contribution in [2.75, 3.05) is 50.5 Å². The number of aromatic nitrogens is 8. The number of hydrogen-bond donors (Lipinski definition) is 9. The van der Waals surface area contributed by atoms with Crippen LogP contribution in [0.3, 0.4) is 0 Å². The van der Waals surface area contributed by atoms with E-state index in [-0.39, 0.29) is 72.2 Å². The lowest BCUT2D eigenvalue weighted by Crippen LogP contribution is -2.42. The van der Waals surface area contributed by atoms with Gasteiger partial charge in [0, 0.05) is 63.6 Å². The van der Waals surface area contributed by atoms with Crippen LogP contribution in [0.2, 0.25) is 0 Å². The SMILES string of the molecule is C=CC1=C(C)c2cc3[nH]c(cc4[nH]c(cc5nc(cc1n2)C(C)=C5CCC(=O)OC)c(CCC(=O)NNC(=O)OCCSSCC(NC(=O)c1ccc(NCc2cnc5nc(N)[nH]c(=O)c5n2)cc1)C(=O)O)c4C)[C@@]1(C)C3=CC=C(C(=O)OC)[C@H]1C(=O)OC. The van der Waals surface area contributed by atoms with Crippen LogP contribution in [0.25, 0.3) is 50.1 Å². The molecule has 462 valence electrons. The van der Waals surface area contributed by atoms with Gasteiger partial charge in [0.1, 0.15) is 18.6 Å². The molecule has 3 atom stereocenters. The van der Waals surface area contributed by atoms with Crippen molar-refractivity contribution < 1.29 is 57.6 Å². The van der Waals surface area contributed by atoms with Crippen molar-refractivity contribution in [2.24, 2.45) is 5.92 Å². The van der Waals surface area contributed by atoms with Crippen LogP contribution in [0.15, 0.2) is 89.9 Å². The Balaban J connectivity index is 0.862. The highest BCUT2D eigenvalue weighted by molar-refractivity contribution is 8.76. The smallest absolute Gasteiger partial charge is 0.426 e. The first-order valence-corrected chi connectivity index (χ1v) is 30.2. The molecule has 28 heteroatoms. The van der Waals surface area contributed by atoms with Crippen LogP contribution in [0.4, 0.5) is 16.4 Å². The highest BCUT2D eigenvalue weighted by Gasteiger charge is 2.53. The van der Waals surface area contributed by atoms with Crippen LogP contribution in [0, 0.1) is 12.8 Å². The first kappa shape index (κ1) is 63.4. The third-order valence-electron chi connectivity index (χ3n) is 15.5. The van der Waals surface area contributed by atoms with Crippen molar-refractivity contribution in [1.29, 1.82) is 0 Å². The van der Waals surface area contributed by atoms with Crippen LogP contribution in [0.1, 0.15) is 101 Å². The molecule has 89 heavy (non-hydrogen) atoms. The Kier molecular flexibility index (Phi) is 19.5. The summed E-state index contributed by atoms with van der Waals surface area (Å²) < 4.78 is 20.8. The van der Waals surface area contributed by atoms with Gasteiger partial charge in [-0.05, 0) is 122 Å². The molecule has 4 aliphatic rings. The summed E-state index contributed by atoms with van der Waals surface area (Å²) in [5.41, 5.74) is 19.9. The number of nitrogen functional groups attached to an aromatic ring is 1. The Morgan fingerprint density at radius 3 is 2.30 bits per heavy atom. The standard InChI is InChI=1S/C61H63N13O13S2/c1-9-35-29(2)41-23-46-39-17-14-38(57(81)85-7)51(58(82)86-8)61(39,5)48(69-46)25-42-31(4)36(44(68-42)24-45-37(16-19-50(76)84-6)30(3)40(67-45)22-43(35)66-41)15-18-49(75)73-74-60(83)87-20-21-88-89-28-47(56(79)80)70-54(77)32-10-12-33(13-11-32)63-26-34-27-64-53-52(65-34)55(78)72-59(62)71-53/h9-14,17,22-25,27,47,51,63,68-69H,1,15-16,18-21,26,28H2,2-8H3,(H,70,77)(H,73,75)(H,74,83)(H,79,80)(H3,62,64,71,72,78)/t47?,51-,61+/m0/s1. The maximum absolute atomic E-state index is 14.0. The largest absolute Gasteiger partial charge is 0.480 e. The maximum atomic E-state index is 14.0. The van der Waals surface area contributed by atoms with Gasteiger partial charge in [-0.2, -0.15) is 4.98 Å². The monoisotopic (exact) mass is 1250 g/mol. The fraction of sp³-hybridized carbons (Fsp3) is 0.295. The number of hydrazine groups is 1. The summed E-state index contributed by atoms with van der Waals surface area (Å²) in [4.78, 5) is 136. The summed E-state index contributed by atoms with van der Waals surface area (Å²) in [7, 11) is 6.17. The number of carboxylic acids is 1. The number of aliphatic carboxylic acids is 1. The molecule has 8 bridgehead atoms. The summed E-state index contributed by atoms with van der Waals surface area (Å²) in [6.45, 7) is 11.8. The van der Waals surface area contributed by atoms with Crippen molar-refractivity contribution in [3.63, 3.8) is 0 Å². The first-order chi connectivity index (χ1) is 42.6. The fourth-order valence-corrected chi connectivity index (χ4v) is 12.7. The average molecular weight is 1250 g/mol. The summed E-state index contributed by atoms with van der Waals surface area (Å²) in [6.07, 6.45) is 5.95. The van der Waals surface area contributed by atoms with Crippen LogP contribution in [-0.4, -0.2) is 132 Å². The molecular formula is C61H63N13O13S2. The molecule has 1 aromatic carbocycles. The molecule has 0 radical (unpaired) electrons. The number of nitrogens with one attached hydrogen (secondary N) is 7. The number of rotatable bonds is 21. The van der Waals surface area contributed by atoms with Gasteiger partial charge in [-0.3, -0.25) is 34.4 Å². The highest BCUT2D eigenvalue weighted by Crippen LogP contribution is 2.52. The van der Waals surface area contributed by atoms with Crippen molar-refractivity contribution in [3.8, 4) is 0 Å². The summed E-state index contributed by atoms with van der Waals surface area (Å²) in [6, 6.07) is 12.5. The minimum Gasteiger partial charge on any atom is -0.480 e. The van der Waals surface area contributed by atoms with Crippen molar-refractivity contribution in [2.45, 2.75) is 71.4 Å². The normalized spacial score (nSPS) is 15.8. The minimum atomic E-state index is -1.25. The number of anilines is 2. The minimum absolute atomic E-state index is 0.0220. The predicted octanol–water partition coefficient (Wildman–Crippen LogP) is 6.77. The third kappa shape index (κ3) is 13.7. The van der Waals surface area contributed by atoms with Crippen molar-refractivity contribution in [3.05, 3.63) is 152 Å². The van der Waals surface area contributed by atoms with Crippen LogP contribution >= 0.6 is 21.6 Å².